The van der Waals surface area contributed by atoms with Crippen LogP contribution in [0.25, 0.3) is 16.9 Å². The third-order valence-corrected chi connectivity index (χ3v) is 2.75. The number of phenolic OH excluding ortho intramolecular Hbond substituents is 1. The van der Waals surface area contributed by atoms with Crippen LogP contribution in [0.5, 0.6) is 5.75 Å². The van der Waals surface area contributed by atoms with Gasteiger partial charge in [0.2, 0.25) is 0 Å². The quantitative estimate of drug-likeness (QED) is 0.770. The molecule has 3 rings (SSSR count). The summed E-state index contributed by atoms with van der Waals surface area (Å²) in [5.41, 5.74) is 1.51. The van der Waals surface area contributed by atoms with Gasteiger partial charge in [-0.3, -0.25) is 0 Å². The summed E-state index contributed by atoms with van der Waals surface area (Å²) < 4.78 is 14.3. The number of rotatable bonds is 2. The van der Waals surface area contributed by atoms with Gasteiger partial charge in [-0.25, -0.2) is 14.1 Å². The molecule has 0 spiro atoms. The molecule has 20 heavy (non-hydrogen) atoms. The first-order valence-electron chi connectivity index (χ1n) is 5.84. The zero-order valence-corrected chi connectivity index (χ0v) is 10.5. The van der Waals surface area contributed by atoms with Gasteiger partial charge >= 0.3 is 0 Å². The van der Waals surface area contributed by atoms with Crippen molar-refractivity contribution in [2.45, 2.75) is 6.92 Å². The Morgan fingerprint density at radius 3 is 2.65 bits per heavy atom. The van der Waals surface area contributed by atoms with Crippen molar-refractivity contribution >= 4 is 0 Å². The monoisotopic (exact) mass is 271 g/mol. The number of phenols is 1. The first-order chi connectivity index (χ1) is 9.63. The number of aryl methyl sites for hydroxylation is 1. The summed E-state index contributed by atoms with van der Waals surface area (Å²) in [5, 5.41) is 21.7. The third-order valence-electron chi connectivity index (χ3n) is 2.75. The summed E-state index contributed by atoms with van der Waals surface area (Å²) in [4.78, 5) is 4.03. The number of hydrogen-bond acceptors (Lipinski definition) is 5. The zero-order valence-electron chi connectivity index (χ0n) is 10.5. The lowest BCUT2D eigenvalue weighted by atomic mass is 10.1. The van der Waals surface area contributed by atoms with Crippen LogP contribution >= 0.6 is 0 Å². The van der Waals surface area contributed by atoms with E-state index in [1.54, 1.807) is 19.1 Å². The van der Waals surface area contributed by atoms with Gasteiger partial charge in [0.15, 0.2) is 5.82 Å². The van der Waals surface area contributed by atoms with Crippen LogP contribution < -0.4 is 0 Å². The maximum absolute atomic E-state index is 12.9. The minimum atomic E-state index is -0.442. The van der Waals surface area contributed by atoms with Crippen molar-refractivity contribution in [1.29, 1.82) is 0 Å². The second kappa shape index (κ2) is 4.69. The van der Waals surface area contributed by atoms with Gasteiger partial charge in [0.25, 0.3) is 0 Å². The topological polar surface area (TPSA) is 76.7 Å². The molecule has 6 nitrogen and oxygen atoms in total. The van der Waals surface area contributed by atoms with E-state index in [1.807, 2.05) is 0 Å². The van der Waals surface area contributed by atoms with E-state index in [-0.39, 0.29) is 5.75 Å². The third kappa shape index (κ3) is 2.20. The predicted octanol–water partition coefficient (Wildman–Crippen LogP) is 1.88. The average molecular weight is 271 g/mol. The predicted molar refractivity (Wildman–Crippen MR) is 68.7 cm³/mol. The Morgan fingerprint density at radius 1 is 1.20 bits per heavy atom. The summed E-state index contributed by atoms with van der Waals surface area (Å²) >= 11 is 0. The molecular formula is C13H10FN5O. The second-order valence-electron chi connectivity index (χ2n) is 4.20. The first-order valence-corrected chi connectivity index (χ1v) is 5.84. The Bertz CT molecular complexity index is 754. The number of hydrogen-bond donors (Lipinski definition) is 1. The lowest BCUT2D eigenvalue weighted by molar-refractivity contribution is 0.476. The maximum Gasteiger partial charge on any atom is 0.161 e. The Labute approximate surface area is 113 Å². The highest BCUT2D eigenvalue weighted by Gasteiger charge is 2.09. The molecule has 100 valence electrons. The highest BCUT2D eigenvalue weighted by Crippen LogP contribution is 2.28. The van der Waals surface area contributed by atoms with Gasteiger partial charge in [-0.2, -0.15) is 5.10 Å². The lowest BCUT2D eigenvalue weighted by Crippen LogP contribution is -1.96. The molecule has 1 N–H and O–H groups in total. The molecule has 0 saturated heterocycles. The molecule has 0 aliphatic rings. The number of aromatic hydroxyl groups is 1. The Balaban J connectivity index is 2.01. The molecule has 0 unspecified atom stereocenters. The van der Waals surface area contributed by atoms with Gasteiger partial charge in [0.1, 0.15) is 17.3 Å². The molecule has 0 atom stereocenters. The van der Waals surface area contributed by atoms with Crippen LogP contribution in [0, 0.1) is 12.7 Å². The van der Waals surface area contributed by atoms with Crippen LogP contribution in [-0.2, 0) is 0 Å². The number of nitrogens with zero attached hydrogens (tertiary/aromatic N) is 5. The summed E-state index contributed by atoms with van der Waals surface area (Å²) in [7, 11) is 0. The Kier molecular flexibility index (Phi) is 2.86. The first kappa shape index (κ1) is 12.2. The Hall–Kier alpha value is -2.83. The molecule has 0 saturated carbocycles. The van der Waals surface area contributed by atoms with E-state index in [0.717, 1.165) is 6.20 Å². The van der Waals surface area contributed by atoms with E-state index in [2.05, 4.69) is 20.3 Å². The van der Waals surface area contributed by atoms with E-state index < -0.39 is 5.82 Å². The van der Waals surface area contributed by atoms with Gasteiger partial charge in [-0.05, 0) is 19.1 Å². The molecule has 3 aromatic rings. The van der Waals surface area contributed by atoms with Crippen molar-refractivity contribution in [3.63, 3.8) is 0 Å². The van der Waals surface area contributed by atoms with E-state index in [4.69, 9.17) is 0 Å². The van der Waals surface area contributed by atoms with Crippen LogP contribution in [0.4, 0.5) is 4.39 Å². The molecule has 0 radical (unpaired) electrons. The van der Waals surface area contributed by atoms with Crippen LogP contribution in [0.2, 0.25) is 0 Å². The fraction of sp³-hybridized carbons (Fsp3) is 0.0769. The SMILES string of the molecule is Cc1ncc(-c2ccc(-n3cc(F)cn3)cc2O)nn1. The average Bonchev–Trinajstić information content (AvgIpc) is 2.87. The van der Waals surface area contributed by atoms with E-state index in [0.29, 0.717) is 22.8 Å². The van der Waals surface area contributed by atoms with Crippen molar-refractivity contribution < 1.29 is 9.50 Å². The van der Waals surface area contributed by atoms with E-state index >= 15 is 0 Å². The Morgan fingerprint density at radius 2 is 2.05 bits per heavy atom. The van der Waals surface area contributed by atoms with Crippen molar-refractivity contribution in [1.82, 2.24) is 25.0 Å². The summed E-state index contributed by atoms with van der Waals surface area (Å²) in [6.45, 7) is 1.73. The van der Waals surface area contributed by atoms with Gasteiger partial charge in [-0.15, -0.1) is 10.2 Å². The van der Waals surface area contributed by atoms with E-state index in [1.165, 1.54) is 23.1 Å². The molecule has 1 aromatic carbocycles. The minimum Gasteiger partial charge on any atom is -0.507 e. The fourth-order valence-electron chi connectivity index (χ4n) is 1.78. The molecule has 0 aliphatic carbocycles. The summed E-state index contributed by atoms with van der Waals surface area (Å²) in [6.07, 6.45) is 3.85. The standard InChI is InChI=1S/C13H10FN5O/c1-8-15-6-12(18-17-8)11-3-2-10(4-13(11)20)19-7-9(14)5-16-19/h2-7,20H,1H3. The van der Waals surface area contributed by atoms with Crippen molar-refractivity contribution in [2.75, 3.05) is 0 Å². The highest BCUT2D eigenvalue weighted by atomic mass is 19.1. The van der Waals surface area contributed by atoms with Crippen LogP contribution in [-0.4, -0.2) is 30.1 Å². The minimum absolute atomic E-state index is 0.00152. The van der Waals surface area contributed by atoms with Crippen LogP contribution in [0.3, 0.4) is 0 Å². The molecule has 0 bridgehead atoms. The second-order valence-corrected chi connectivity index (χ2v) is 4.20. The summed E-state index contributed by atoms with van der Waals surface area (Å²) in [5.74, 6) is 0.109. The number of halogens is 1. The summed E-state index contributed by atoms with van der Waals surface area (Å²) in [6, 6.07) is 4.83. The van der Waals surface area contributed by atoms with Crippen molar-refractivity contribution in [2.24, 2.45) is 0 Å². The van der Waals surface area contributed by atoms with Crippen molar-refractivity contribution in [3.05, 3.63) is 48.4 Å². The molecule has 2 heterocycles. The van der Waals surface area contributed by atoms with Gasteiger partial charge in [0, 0.05) is 11.6 Å². The molecule has 0 fully saturated rings. The van der Waals surface area contributed by atoms with Gasteiger partial charge in [-0.1, -0.05) is 0 Å². The smallest absolute Gasteiger partial charge is 0.161 e. The lowest BCUT2D eigenvalue weighted by Gasteiger charge is -2.06. The van der Waals surface area contributed by atoms with E-state index in [9.17, 15) is 9.50 Å². The molecule has 2 aromatic heterocycles. The highest BCUT2D eigenvalue weighted by molar-refractivity contribution is 5.67. The zero-order chi connectivity index (χ0) is 14.1. The molecular weight excluding hydrogens is 261 g/mol. The van der Waals surface area contributed by atoms with Gasteiger partial charge in [0.05, 0.1) is 24.3 Å². The van der Waals surface area contributed by atoms with Crippen molar-refractivity contribution in [3.8, 4) is 22.7 Å². The van der Waals surface area contributed by atoms with Crippen LogP contribution in [0.15, 0.2) is 36.8 Å². The van der Waals surface area contributed by atoms with Crippen LogP contribution in [0.1, 0.15) is 5.82 Å². The van der Waals surface area contributed by atoms with Gasteiger partial charge < -0.3 is 5.11 Å². The normalized spacial score (nSPS) is 10.7. The molecule has 0 aliphatic heterocycles. The largest absolute Gasteiger partial charge is 0.507 e. The molecule has 7 heteroatoms. The fourth-order valence-corrected chi connectivity index (χ4v) is 1.78. The number of aromatic nitrogens is 5. The number of benzene rings is 1. The molecule has 0 amide bonds. The maximum atomic E-state index is 12.9.